The third-order valence-electron chi connectivity index (χ3n) is 2.40. The van der Waals surface area contributed by atoms with Crippen LogP contribution in [0.2, 0.25) is 0 Å². The van der Waals surface area contributed by atoms with E-state index < -0.39 is 6.17 Å². The molecule has 2 heterocycles. The topological polar surface area (TPSA) is 38.2 Å². The predicted octanol–water partition coefficient (Wildman–Crippen LogP) is 1.41. The fourth-order valence-corrected chi connectivity index (χ4v) is 1.71. The van der Waals surface area contributed by atoms with Gasteiger partial charge in [0, 0.05) is 19.4 Å². The highest BCUT2D eigenvalue weighted by Crippen LogP contribution is 2.19. The zero-order valence-corrected chi connectivity index (χ0v) is 9.82. The molecule has 0 saturated carbocycles. The fourth-order valence-electron chi connectivity index (χ4n) is 1.51. The average molecular weight is 276 g/mol. The number of alkyl halides is 1. The lowest BCUT2D eigenvalue weighted by atomic mass is 10.2. The van der Waals surface area contributed by atoms with E-state index in [9.17, 15) is 4.39 Å². The standard InChI is InChI=1S/C9H11BrFN3O/c1-14(8-5-15-4-7(8)11)9-12-2-6(10)3-13-9/h2-3,7-8H,4-5H2,1H3. The summed E-state index contributed by atoms with van der Waals surface area (Å²) in [5.74, 6) is 0.511. The molecular formula is C9H11BrFN3O. The normalized spacial score (nSPS) is 25.5. The number of hydrogen-bond donors (Lipinski definition) is 0. The molecule has 1 saturated heterocycles. The monoisotopic (exact) mass is 275 g/mol. The van der Waals surface area contributed by atoms with Crippen LogP contribution >= 0.6 is 15.9 Å². The lowest BCUT2D eigenvalue weighted by Crippen LogP contribution is -2.39. The maximum Gasteiger partial charge on any atom is 0.225 e. The summed E-state index contributed by atoms with van der Waals surface area (Å²) < 4.78 is 19.2. The first-order chi connectivity index (χ1) is 7.18. The molecule has 1 aromatic rings. The zero-order valence-electron chi connectivity index (χ0n) is 8.23. The maximum atomic E-state index is 13.4. The molecule has 1 aliphatic heterocycles. The van der Waals surface area contributed by atoms with E-state index in [4.69, 9.17) is 4.74 Å². The number of ether oxygens (including phenoxy) is 1. The predicted molar refractivity (Wildman–Crippen MR) is 57.6 cm³/mol. The van der Waals surface area contributed by atoms with E-state index in [1.54, 1.807) is 24.3 Å². The van der Waals surface area contributed by atoms with Crippen LogP contribution in [0.15, 0.2) is 16.9 Å². The van der Waals surface area contributed by atoms with Crippen LogP contribution in [0.25, 0.3) is 0 Å². The van der Waals surface area contributed by atoms with Gasteiger partial charge in [0.2, 0.25) is 5.95 Å². The molecular weight excluding hydrogens is 265 g/mol. The highest BCUT2D eigenvalue weighted by atomic mass is 79.9. The Bertz CT molecular complexity index is 335. The van der Waals surface area contributed by atoms with E-state index in [2.05, 4.69) is 25.9 Å². The van der Waals surface area contributed by atoms with Gasteiger partial charge in [0.1, 0.15) is 6.17 Å². The maximum absolute atomic E-state index is 13.4. The van der Waals surface area contributed by atoms with Crippen molar-refractivity contribution < 1.29 is 9.13 Å². The Labute approximate surface area is 95.6 Å². The summed E-state index contributed by atoms with van der Waals surface area (Å²) in [4.78, 5) is 9.92. The first-order valence-corrected chi connectivity index (χ1v) is 5.40. The molecule has 1 aromatic heterocycles. The molecule has 6 heteroatoms. The molecule has 1 aliphatic rings. The number of rotatable bonds is 2. The van der Waals surface area contributed by atoms with Crippen LogP contribution in [-0.4, -0.2) is 42.4 Å². The SMILES string of the molecule is CN(c1ncc(Br)cn1)C1COCC1F. The number of likely N-dealkylation sites (N-methyl/N-ethyl adjacent to an activating group) is 1. The van der Waals surface area contributed by atoms with Crippen molar-refractivity contribution in [3.63, 3.8) is 0 Å². The molecule has 2 unspecified atom stereocenters. The van der Waals surface area contributed by atoms with Crippen molar-refractivity contribution in [1.82, 2.24) is 9.97 Å². The molecule has 0 radical (unpaired) electrons. The first-order valence-electron chi connectivity index (χ1n) is 4.60. The van der Waals surface area contributed by atoms with Crippen molar-refractivity contribution in [1.29, 1.82) is 0 Å². The summed E-state index contributed by atoms with van der Waals surface area (Å²) >= 11 is 3.25. The minimum absolute atomic E-state index is 0.158. The van der Waals surface area contributed by atoms with Gasteiger partial charge in [0.15, 0.2) is 0 Å². The molecule has 2 rings (SSSR count). The summed E-state index contributed by atoms with van der Waals surface area (Å²) in [5, 5.41) is 0. The van der Waals surface area contributed by atoms with E-state index in [0.717, 1.165) is 4.47 Å². The van der Waals surface area contributed by atoms with Gasteiger partial charge in [-0.2, -0.15) is 0 Å². The number of anilines is 1. The molecule has 4 nitrogen and oxygen atoms in total. The highest BCUT2D eigenvalue weighted by Gasteiger charge is 2.32. The summed E-state index contributed by atoms with van der Waals surface area (Å²) in [6, 6.07) is -0.286. The second-order valence-electron chi connectivity index (χ2n) is 3.43. The van der Waals surface area contributed by atoms with Crippen LogP contribution in [0.4, 0.5) is 10.3 Å². The quantitative estimate of drug-likeness (QED) is 0.818. The Morgan fingerprint density at radius 3 is 2.67 bits per heavy atom. The van der Waals surface area contributed by atoms with Crippen molar-refractivity contribution >= 4 is 21.9 Å². The van der Waals surface area contributed by atoms with Crippen LogP contribution in [-0.2, 0) is 4.74 Å². The van der Waals surface area contributed by atoms with Crippen molar-refractivity contribution in [2.75, 3.05) is 25.2 Å². The highest BCUT2D eigenvalue weighted by molar-refractivity contribution is 9.10. The number of nitrogens with zero attached hydrogens (tertiary/aromatic N) is 3. The lowest BCUT2D eigenvalue weighted by molar-refractivity contribution is 0.173. The summed E-state index contributed by atoms with van der Waals surface area (Å²) in [6.07, 6.45) is 2.31. The Hall–Kier alpha value is -0.750. The number of halogens is 2. The van der Waals surface area contributed by atoms with Crippen molar-refractivity contribution in [2.45, 2.75) is 12.2 Å². The van der Waals surface area contributed by atoms with Gasteiger partial charge in [-0.3, -0.25) is 0 Å². The molecule has 1 fully saturated rings. The van der Waals surface area contributed by atoms with Crippen molar-refractivity contribution in [2.24, 2.45) is 0 Å². The largest absolute Gasteiger partial charge is 0.376 e. The summed E-state index contributed by atoms with van der Waals surface area (Å²) in [7, 11) is 1.77. The Balaban J connectivity index is 2.13. The molecule has 0 spiro atoms. The molecule has 15 heavy (non-hydrogen) atoms. The smallest absolute Gasteiger partial charge is 0.225 e. The summed E-state index contributed by atoms with van der Waals surface area (Å²) in [5.41, 5.74) is 0. The number of aromatic nitrogens is 2. The molecule has 82 valence electrons. The van der Waals surface area contributed by atoms with Gasteiger partial charge in [-0.25, -0.2) is 14.4 Å². The zero-order chi connectivity index (χ0) is 10.8. The van der Waals surface area contributed by atoms with Gasteiger partial charge in [0.25, 0.3) is 0 Å². The molecule has 2 atom stereocenters. The average Bonchev–Trinajstić information content (AvgIpc) is 2.65. The first kappa shape index (κ1) is 10.8. The molecule has 0 aromatic carbocycles. The van der Waals surface area contributed by atoms with Gasteiger partial charge in [-0.15, -0.1) is 0 Å². The molecule has 0 amide bonds. The second kappa shape index (κ2) is 4.40. The minimum atomic E-state index is -0.970. The van der Waals surface area contributed by atoms with Crippen molar-refractivity contribution in [3.8, 4) is 0 Å². The lowest BCUT2D eigenvalue weighted by Gasteiger charge is -2.24. The van der Waals surface area contributed by atoms with E-state index in [-0.39, 0.29) is 12.6 Å². The van der Waals surface area contributed by atoms with Crippen LogP contribution in [0.1, 0.15) is 0 Å². The van der Waals surface area contributed by atoms with Gasteiger partial charge in [-0.1, -0.05) is 0 Å². The van der Waals surface area contributed by atoms with E-state index >= 15 is 0 Å². The molecule has 0 N–H and O–H groups in total. The van der Waals surface area contributed by atoms with Gasteiger partial charge in [0.05, 0.1) is 23.7 Å². The van der Waals surface area contributed by atoms with Crippen LogP contribution in [0, 0.1) is 0 Å². The van der Waals surface area contributed by atoms with Gasteiger partial charge >= 0.3 is 0 Å². The molecule has 0 aliphatic carbocycles. The van der Waals surface area contributed by atoms with E-state index in [0.29, 0.717) is 12.6 Å². The number of hydrogen-bond acceptors (Lipinski definition) is 4. The van der Waals surface area contributed by atoms with Crippen LogP contribution in [0.5, 0.6) is 0 Å². The van der Waals surface area contributed by atoms with Crippen LogP contribution in [0.3, 0.4) is 0 Å². The van der Waals surface area contributed by atoms with Gasteiger partial charge < -0.3 is 9.64 Å². The third kappa shape index (κ3) is 2.26. The minimum Gasteiger partial charge on any atom is -0.376 e. The fraction of sp³-hybridized carbons (Fsp3) is 0.556. The van der Waals surface area contributed by atoms with E-state index in [1.807, 2.05) is 0 Å². The van der Waals surface area contributed by atoms with Crippen LogP contribution < -0.4 is 4.90 Å². The third-order valence-corrected chi connectivity index (χ3v) is 2.81. The molecule has 0 bridgehead atoms. The second-order valence-corrected chi connectivity index (χ2v) is 4.35. The van der Waals surface area contributed by atoms with Crippen molar-refractivity contribution in [3.05, 3.63) is 16.9 Å². The Kier molecular flexibility index (Phi) is 3.16. The Morgan fingerprint density at radius 1 is 1.47 bits per heavy atom. The Morgan fingerprint density at radius 2 is 2.13 bits per heavy atom. The summed E-state index contributed by atoms with van der Waals surface area (Å²) in [6.45, 7) is 0.544. The van der Waals surface area contributed by atoms with Gasteiger partial charge in [-0.05, 0) is 15.9 Å². The van der Waals surface area contributed by atoms with E-state index in [1.165, 1.54) is 0 Å².